The third-order valence-corrected chi connectivity index (χ3v) is 12.2. The Balaban J connectivity index is 1.29. The highest BCUT2D eigenvalue weighted by Crippen LogP contribution is 2.71. The summed E-state index contributed by atoms with van der Waals surface area (Å²) in [6.07, 6.45) is -9.25. The molecule has 0 radical (unpaired) electrons. The fourth-order valence-electron chi connectivity index (χ4n) is 4.21. The third kappa shape index (κ3) is 9.91. The molecule has 0 amide bonds. The van der Waals surface area contributed by atoms with Crippen molar-refractivity contribution >= 4 is 37.1 Å². The van der Waals surface area contributed by atoms with Gasteiger partial charge in [0.1, 0.15) is 36.5 Å². The number of phosphoric acid groups is 4. The monoisotopic (exact) mass is 773 g/mol. The highest BCUT2D eigenvalue weighted by atomic mass is 31.3. The normalized spacial score (nSPS) is 31.0. The van der Waals surface area contributed by atoms with E-state index in [4.69, 9.17) is 15.2 Å². The van der Waals surface area contributed by atoms with E-state index >= 15 is 0 Å². The van der Waals surface area contributed by atoms with Crippen LogP contribution in [0.15, 0.2) is 38.9 Å². The van der Waals surface area contributed by atoms with E-state index in [1.807, 2.05) is 4.98 Å². The molecule has 0 spiro atoms. The molecular weight excluding hydrogens is 746 g/mol. The van der Waals surface area contributed by atoms with Crippen molar-refractivity contribution in [3.05, 3.63) is 55.8 Å². The predicted octanol–water partition coefficient (Wildman–Crippen LogP) is -2.87. The zero-order valence-corrected chi connectivity index (χ0v) is 27.1. The lowest BCUT2D eigenvalue weighted by Crippen LogP contribution is -2.37. The lowest BCUT2D eigenvalue weighted by molar-refractivity contribution is -0.0542. The highest BCUT2D eigenvalue weighted by molar-refractivity contribution is 7.69. The molecule has 270 valence electrons. The van der Waals surface area contributed by atoms with Gasteiger partial charge >= 0.3 is 42.7 Å². The lowest BCUT2D eigenvalue weighted by atomic mass is 10.1. The van der Waals surface area contributed by atoms with E-state index in [1.165, 1.54) is 12.3 Å². The van der Waals surface area contributed by atoms with Crippen LogP contribution in [-0.2, 0) is 49.7 Å². The number of anilines is 1. The Morgan fingerprint density at radius 2 is 1.35 bits per heavy atom. The Bertz CT molecular complexity index is 1870. The number of nitrogen functional groups attached to an aromatic ring is 1. The molecule has 48 heavy (non-hydrogen) atoms. The maximum absolute atomic E-state index is 12.2. The van der Waals surface area contributed by atoms with Gasteiger partial charge in [0.2, 0.25) is 0 Å². The van der Waals surface area contributed by atoms with Crippen LogP contribution < -0.4 is 22.7 Å². The zero-order chi connectivity index (χ0) is 35.8. The molecule has 5 unspecified atom stereocenters. The molecule has 0 aromatic carbocycles. The Kier molecular flexibility index (Phi) is 11.7. The van der Waals surface area contributed by atoms with Gasteiger partial charge in [-0.3, -0.25) is 28.0 Å². The van der Waals surface area contributed by atoms with E-state index in [2.05, 4.69) is 27.0 Å². The van der Waals surface area contributed by atoms with Crippen LogP contribution in [0.1, 0.15) is 18.9 Å². The fraction of sp³-hybridized carbons (Fsp3) is 0.556. The summed E-state index contributed by atoms with van der Waals surface area (Å²) in [5, 5.41) is 30.5. The molecule has 11 atom stereocenters. The Morgan fingerprint density at radius 1 is 0.812 bits per heavy atom. The Morgan fingerprint density at radius 3 is 1.92 bits per heavy atom. The van der Waals surface area contributed by atoms with Crippen LogP contribution in [-0.4, -0.2) is 97.7 Å². The summed E-state index contributed by atoms with van der Waals surface area (Å²) >= 11 is 0. The molecule has 4 heterocycles. The van der Waals surface area contributed by atoms with E-state index in [-0.39, 0.29) is 12.2 Å². The first-order valence-electron chi connectivity index (χ1n) is 12.8. The van der Waals surface area contributed by atoms with Gasteiger partial charge in [-0.25, -0.2) is 27.8 Å². The maximum atomic E-state index is 12.2. The van der Waals surface area contributed by atoms with Gasteiger partial charge in [0.05, 0.1) is 19.3 Å². The number of nitrogens with zero attached hydrogens (tertiary/aromatic N) is 3. The molecular formula is C18H27N5O21P4. The number of rotatable bonds is 14. The van der Waals surface area contributed by atoms with Gasteiger partial charge in [0, 0.05) is 24.9 Å². The molecule has 26 nitrogen and oxygen atoms in total. The van der Waals surface area contributed by atoms with Gasteiger partial charge in [0.25, 0.3) is 5.56 Å². The van der Waals surface area contributed by atoms with Gasteiger partial charge in [-0.1, -0.05) is 0 Å². The van der Waals surface area contributed by atoms with E-state index in [9.17, 15) is 67.5 Å². The third-order valence-electron chi connectivity index (χ3n) is 6.25. The smallest absolute Gasteiger partial charge is 0.390 e. The van der Waals surface area contributed by atoms with Crippen molar-refractivity contribution in [1.29, 1.82) is 0 Å². The second-order valence-electron chi connectivity index (χ2n) is 9.75. The van der Waals surface area contributed by atoms with E-state index in [0.29, 0.717) is 4.57 Å². The number of H-pyrrole nitrogens is 1. The average Bonchev–Trinajstić information content (AvgIpc) is 3.42. The van der Waals surface area contributed by atoms with Crippen molar-refractivity contribution in [3.63, 3.8) is 0 Å². The standard InChI is InChI=1S/C18H27N5O21P4/c19-11-1-3-22(17(28)20-11)13-5-8(24)9(40-13)6-38-45(30,31)42-47(34,35)44-48(36,37)43-46(32,33)39-7-10-14(26)15(27)16(41-10)23-4-2-12(25)21-18(23)29/h1-4,8-10,13-16,24,26-27H,5-7H2,(H,30,31)(H,32,33)(H,34,35)(H,36,37)(H2,19,20,28)(H,21,25,29)/t8-,9?,10+,13+,14+,15+,16+/m0/s1. The summed E-state index contributed by atoms with van der Waals surface area (Å²) in [6.45, 7) is -2.20. The van der Waals surface area contributed by atoms with Crippen LogP contribution in [0, 0.1) is 0 Å². The van der Waals surface area contributed by atoms with E-state index < -0.39 is 104 Å². The lowest BCUT2D eigenvalue weighted by Gasteiger charge is -2.21. The number of aliphatic hydroxyl groups is 3. The molecule has 2 saturated heterocycles. The molecule has 0 saturated carbocycles. The summed E-state index contributed by atoms with van der Waals surface area (Å²) in [4.78, 5) is 79.6. The van der Waals surface area contributed by atoms with Crippen molar-refractivity contribution in [2.75, 3.05) is 18.9 Å². The number of ether oxygens (including phenoxy) is 2. The molecule has 2 fully saturated rings. The summed E-state index contributed by atoms with van der Waals surface area (Å²) in [5.74, 6) is -0.103. The van der Waals surface area contributed by atoms with Crippen LogP contribution in [0.3, 0.4) is 0 Å². The minimum atomic E-state index is -6.19. The van der Waals surface area contributed by atoms with Gasteiger partial charge < -0.3 is 50.1 Å². The quantitative estimate of drug-likeness (QED) is 0.0871. The maximum Gasteiger partial charge on any atom is 0.490 e. The summed E-state index contributed by atoms with van der Waals surface area (Å²) < 4.78 is 81.2. The summed E-state index contributed by atoms with van der Waals surface area (Å²) in [7, 11) is -23.8. The van der Waals surface area contributed by atoms with Crippen molar-refractivity contribution in [2.45, 2.75) is 49.4 Å². The zero-order valence-electron chi connectivity index (χ0n) is 23.5. The minimum Gasteiger partial charge on any atom is -0.390 e. The van der Waals surface area contributed by atoms with Gasteiger partial charge in [0.15, 0.2) is 6.23 Å². The van der Waals surface area contributed by atoms with Crippen LogP contribution in [0.4, 0.5) is 5.82 Å². The average molecular weight is 773 g/mol. The number of nitrogens with one attached hydrogen (secondary N) is 1. The molecule has 2 aromatic heterocycles. The number of aliphatic hydroxyl groups excluding tert-OH is 3. The second-order valence-corrected chi connectivity index (χ2v) is 16.0. The molecule has 0 aliphatic carbocycles. The van der Waals surface area contributed by atoms with Crippen molar-refractivity contribution < 1.29 is 84.6 Å². The summed E-state index contributed by atoms with van der Waals surface area (Å²) in [6, 6.07) is 2.13. The molecule has 2 aromatic rings. The first-order chi connectivity index (χ1) is 22.1. The Hall–Kier alpha value is -2.28. The van der Waals surface area contributed by atoms with E-state index in [1.54, 1.807) is 0 Å². The number of hydrogen-bond acceptors (Lipinski definition) is 19. The minimum absolute atomic E-state index is 0.103. The molecule has 10 N–H and O–H groups in total. The highest BCUT2D eigenvalue weighted by Gasteiger charge is 2.49. The van der Waals surface area contributed by atoms with Crippen LogP contribution in [0.5, 0.6) is 0 Å². The van der Waals surface area contributed by atoms with E-state index in [0.717, 1.165) is 16.8 Å². The second kappa shape index (κ2) is 14.5. The first kappa shape index (κ1) is 38.5. The van der Waals surface area contributed by atoms with Gasteiger partial charge in [-0.05, 0) is 6.07 Å². The predicted molar refractivity (Wildman–Crippen MR) is 149 cm³/mol. The van der Waals surface area contributed by atoms with Crippen LogP contribution in [0.2, 0.25) is 0 Å². The SMILES string of the molecule is Nc1ccn([C@H]2C[C@H](O)C(COP(=O)(O)OP(=O)(O)OP(=O)(O)OP(=O)(O)OC[C@H]3O[C@@H](n4ccc(=O)[nH]c4=O)[C@H](O)[C@@H]3O)O2)c(=O)n1. The number of nitrogens with two attached hydrogens (primary N) is 1. The van der Waals surface area contributed by atoms with Gasteiger partial charge in [-0.15, -0.1) is 0 Å². The molecule has 4 rings (SSSR count). The Labute approximate surface area is 265 Å². The fourth-order valence-corrected chi connectivity index (χ4v) is 9.16. The van der Waals surface area contributed by atoms with Crippen molar-refractivity contribution in [2.24, 2.45) is 0 Å². The number of aromatic amines is 1. The van der Waals surface area contributed by atoms with Crippen LogP contribution in [0.25, 0.3) is 0 Å². The molecule has 2 aliphatic rings. The summed E-state index contributed by atoms with van der Waals surface area (Å²) in [5.41, 5.74) is 2.68. The topological polar surface area (TPSA) is 390 Å². The molecule has 30 heteroatoms. The van der Waals surface area contributed by atoms with Crippen LogP contribution >= 0.6 is 31.3 Å². The first-order valence-corrected chi connectivity index (χ1v) is 18.8. The van der Waals surface area contributed by atoms with Gasteiger partial charge in [-0.2, -0.15) is 17.9 Å². The van der Waals surface area contributed by atoms with Crippen molar-refractivity contribution in [1.82, 2.24) is 19.1 Å². The van der Waals surface area contributed by atoms with Crippen molar-refractivity contribution in [3.8, 4) is 0 Å². The largest absolute Gasteiger partial charge is 0.490 e. The number of phosphoric ester groups is 2. The number of hydrogen-bond donors (Lipinski definition) is 9. The number of aromatic nitrogens is 4. The molecule has 0 bridgehead atoms. The molecule has 2 aliphatic heterocycles.